The first-order valence-electron chi connectivity index (χ1n) is 7.37. The van der Waals surface area contributed by atoms with Gasteiger partial charge in [-0.25, -0.2) is 0 Å². The number of rotatable bonds is 5. The monoisotopic (exact) mass is 306 g/mol. The lowest BCUT2D eigenvalue weighted by Gasteiger charge is -2.26. The van der Waals surface area contributed by atoms with Gasteiger partial charge in [0.15, 0.2) is 11.5 Å². The van der Waals surface area contributed by atoms with Crippen molar-refractivity contribution in [1.82, 2.24) is 10.3 Å². The normalized spacial score (nSPS) is 14.4. The Hall–Kier alpha value is -2.05. The third-order valence-corrected chi connectivity index (χ3v) is 3.69. The molecule has 0 aliphatic heterocycles. The number of pyridine rings is 1. The summed E-state index contributed by atoms with van der Waals surface area (Å²) >= 11 is 0. The van der Waals surface area contributed by atoms with Gasteiger partial charge in [0.25, 0.3) is 0 Å². The average Bonchev–Trinajstić information content (AvgIpc) is 2.47. The maximum Gasteiger partial charge on any atom is 0.248 e. The van der Waals surface area contributed by atoms with Gasteiger partial charge in [-0.15, -0.1) is 0 Å². The summed E-state index contributed by atoms with van der Waals surface area (Å²) in [6.45, 7) is 5.92. The van der Waals surface area contributed by atoms with Gasteiger partial charge in [-0.05, 0) is 24.1 Å². The summed E-state index contributed by atoms with van der Waals surface area (Å²) in [5.74, 6) is -0.767. The van der Waals surface area contributed by atoms with E-state index in [0.29, 0.717) is 17.4 Å². The van der Waals surface area contributed by atoms with E-state index in [9.17, 15) is 20.1 Å². The van der Waals surface area contributed by atoms with Crippen molar-refractivity contribution in [1.29, 1.82) is 0 Å². The van der Waals surface area contributed by atoms with Crippen molar-refractivity contribution in [2.75, 3.05) is 0 Å². The lowest BCUT2D eigenvalue weighted by Crippen LogP contribution is -2.39. The Bertz CT molecular complexity index is 724. The molecular formula is C16H22N2O4. The number of hydrogen-bond donors (Lipinski definition) is 5. The van der Waals surface area contributed by atoms with Crippen molar-refractivity contribution in [3.05, 3.63) is 34.1 Å². The fraction of sp³-hybridized carbons (Fsp3) is 0.438. The molecule has 1 heterocycles. The minimum atomic E-state index is -0.882. The van der Waals surface area contributed by atoms with Gasteiger partial charge < -0.3 is 25.6 Å². The number of hydrogen-bond acceptors (Lipinski definition) is 5. The molecule has 6 heteroatoms. The molecule has 0 bridgehead atoms. The van der Waals surface area contributed by atoms with Gasteiger partial charge in [-0.3, -0.25) is 4.79 Å². The minimum Gasteiger partial charge on any atom is -0.504 e. The molecule has 0 saturated heterocycles. The number of phenols is 2. The number of aromatic amines is 1. The Labute approximate surface area is 128 Å². The number of fused-ring (bicyclic) bond motifs is 1. The second-order valence-electron chi connectivity index (χ2n) is 5.73. The Morgan fingerprint density at radius 1 is 1.27 bits per heavy atom. The van der Waals surface area contributed by atoms with Crippen molar-refractivity contribution >= 4 is 10.9 Å². The van der Waals surface area contributed by atoms with Crippen LogP contribution in [-0.4, -0.2) is 32.4 Å². The number of aliphatic hydroxyl groups excluding tert-OH is 1. The first kappa shape index (κ1) is 16.3. The first-order valence-corrected chi connectivity index (χ1v) is 7.37. The van der Waals surface area contributed by atoms with Crippen LogP contribution in [-0.2, 0) is 0 Å². The SMILES string of the molecule is CCC(NC(C)C)C(O)c1cc(O)c(O)c2[nH]c(=O)ccc12. The van der Waals surface area contributed by atoms with Gasteiger partial charge in [-0.1, -0.05) is 20.8 Å². The Balaban J connectivity index is 2.59. The number of H-pyrrole nitrogens is 1. The zero-order valence-corrected chi connectivity index (χ0v) is 12.9. The molecule has 5 N–H and O–H groups in total. The molecule has 0 radical (unpaired) electrons. The number of nitrogens with one attached hydrogen (secondary N) is 2. The van der Waals surface area contributed by atoms with Crippen LogP contribution in [0.15, 0.2) is 23.0 Å². The largest absolute Gasteiger partial charge is 0.504 e. The molecule has 0 aliphatic rings. The first-order chi connectivity index (χ1) is 10.3. The third-order valence-electron chi connectivity index (χ3n) is 3.69. The highest BCUT2D eigenvalue weighted by Crippen LogP contribution is 2.37. The quantitative estimate of drug-likeness (QED) is 0.541. The number of aliphatic hydroxyl groups is 1. The van der Waals surface area contributed by atoms with Crippen molar-refractivity contribution < 1.29 is 15.3 Å². The number of aromatic hydroxyl groups is 2. The molecule has 6 nitrogen and oxygen atoms in total. The molecule has 0 aliphatic carbocycles. The molecule has 0 spiro atoms. The van der Waals surface area contributed by atoms with Crippen LogP contribution in [0.3, 0.4) is 0 Å². The molecular weight excluding hydrogens is 284 g/mol. The maximum absolute atomic E-state index is 11.4. The van der Waals surface area contributed by atoms with Crippen molar-refractivity contribution in [2.24, 2.45) is 0 Å². The second-order valence-corrected chi connectivity index (χ2v) is 5.73. The van der Waals surface area contributed by atoms with Crippen LogP contribution in [0.1, 0.15) is 38.9 Å². The van der Waals surface area contributed by atoms with E-state index in [4.69, 9.17) is 0 Å². The lowest BCUT2D eigenvalue weighted by molar-refractivity contribution is 0.122. The van der Waals surface area contributed by atoms with Crippen LogP contribution in [0, 0.1) is 0 Å². The van der Waals surface area contributed by atoms with Gasteiger partial charge in [-0.2, -0.15) is 0 Å². The molecule has 22 heavy (non-hydrogen) atoms. The van der Waals surface area contributed by atoms with Crippen LogP contribution >= 0.6 is 0 Å². The summed E-state index contributed by atoms with van der Waals surface area (Å²) < 4.78 is 0. The van der Waals surface area contributed by atoms with Crippen molar-refractivity contribution in [3.8, 4) is 11.5 Å². The fourth-order valence-corrected chi connectivity index (χ4v) is 2.65. The molecule has 1 aromatic heterocycles. The van der Waals surface area contributed by atoms with Crippen LogP contribution < -0.4 is 10.9 Å². The average molecular weight is 306 g/mol. The van der Waals surface area contributed by atoms with E-state index in [0.717, 1.165) is 0 Å². The smallest absolute Gasteiger partial charge is 0.248 e. The summed E-state index contributed by atoms with van der Waals surface area (Å²) in [6.07, 6.45) is -0.196. The molecule has 2 atom stereocenters. The van der Waals surface area contributed by atoms with Crippen LogP contribution in [0.2, 0.25) is 0 Å². The highest BCUT2D eigenvalue weighted by molar-refractivity contribution is 5.90. The Kier molecular flexibility index (Phi) is 4.73. The number of phenolic OH excluding ortho intramolecular Hbond substituents is 2. The van der Waals surface area contributed by atoms with E-state index in [1.54, 1.807) is 0 Å². The lowest BCUT2D eigenvalue weighted by atomic mass is 9.95. The molecule has 2 aromatic rings. The van der Waals surface area contributed by atoms with Gasteiger partial charge in [0.1, 0.15) is 0 Å². The minimum absolute atomic E-state index is 0.126. The molecule has 2 rings (SSSR count). The summed E-state index contributed by atoms with van der Waals surface area (Å²) in [7, 11) is 0. The molecule has 120 valence electrons. The molecule has 0 saturated carbocycles. The van der Waals surface area contributed by atoms with Crippen molar-refractivity contribution in [2.45, 2.75) is 45.4 Å². The van der Waals surface area contributed by atoms with E-state index in [-0.39, 0.29) is 28.9 Å². The maximum atomic E-state index is 11.4. The standard InChI is InChI=1S/C16H22N2O4/c1-4-11(17-8(2)3)15(21)10-7-12(19)16(22)14-9(10)5-6-13(20)18-14/h5-8,11,15,17,19,21-22H,4H2,1-3H3,(H,18,20). The fourth-order valence-electron chi connectivity index (χ4n) is 2.65. The Morgan fingerprint density at radius 3 is 2.55 bits per heavy atom. The number of aromatic nitrogens is 1. The predicted octanol–water partition coefficient (Wildman–Crippen LogP) is 1.75. The summed E-state index contributed by atoms with van der Waals surface area (Å²) in [5.41, 5.74) is 0.198. The van der Waals surface area contributed by atoms with E-state index >= 15 is 0 Å². The zero-order valence-electron chi connectivity index (χ0n) is 12.9. The number of benzene rings is 1. The topological polar surface area (TPSA) is 106 Å². The van der Waals surface area contributed by atoms with Crippen LogP contribution in [0.4, 0.5) is 0 Å². The summed E-state index contributed by atoms with van der Waals surface area (Å²) in [5, 5.41) is 34.2. The molecule has 0 amide bonds. The molecule has 1 aromatic carbocycles. The van der Waals surface area contributed by atoms with E-state index in [1.165, 1.54) is 18.2 Å². The van der Waals surface area contributed by atoms with Gasteiger partial charge in [0.2, 0.25) is 5.56 Å². The van der Waals surface area contributed by atoms with Gasteiger partial charge >= 0.3 is 0 Å². The highest BCUT2D eigenvalue weighted by atomic mass is 16.3. The van der Waals surface area contributed by atoms with Crippen molar-refractivity contribution in [3.63, 3.8) is 0 Å². The van der Waals surface area contributed by atoms with Gasteiger partial charge in [0.05, 0.1) is 11.6 Å². The highest BCUT2D eigenvalue weighted by Gasteiger charge is 2.24. The zero-order chi connectivity index (χ0) is 16.4. The van der Waals surface area contributed by atoms with Crippen LogP contribution in [0.25, 0.3) is 10.9 Å². The van der Waals surface area contributed by atoms with Gasteiger partial charge in [0, 0.05) is 23.5 Å². The Morgan fingerprint density at radius 2 is 1.95 bits per heavy atom. The van der Waals surface area contributed by atoms with E-state index in [1.807, 2.05) is 20.8 Å². The van der Waals surface area contributed by atoms with Crippen LogP contribution in [0.5, 0.6) is 11.5 Å². The summed E-state index contributed by atoms with van der Waals surface area (Å²) in [4.78, 5) is 13.9. The third kappa shape index (κ3) is 3.08. The predicted molar refractivity (Wildman–Crippen MR) is 85.2 cm³/mol. The summed E-state index contributed by atoms with van der Waals surface area (Å²) in [6, 6.07) is 4.18. The van der Waals surface area contributed by atoms with E-state index in [2.05, 4.69) is 10.3 Å². The van der Waals surface area contributed by atoms with E-state index < -0.39 is 11.9 Å². The molecule has 0 fully saturated rings. The second kappa shape index (κ2) is 6.37. The molecule has 2 unspecified atom stereocenters.